The van der Waals surface area contributed by atoms with Gasteiger partial charge in [-0.2, -0.15) is 0 Å². The smallest absolute Gasteiger partial charge is 0.374 e. The number of carbonyl (C=O) groups excluding carboxylic acids is 2. The molecule has 0 unspecified atom stereocenters. The first-order valence-electron chi connectivity index (χ1n) is 6.19. The first-order valence-corrected chi connectivity index (χ1v) is 6.19. The molecule has 0 bridgehead atoms. The van der Waals surface area contributed by atoms with Crippen molar-refractivity contribution in [3.63, 3.8) is 0 Å². The molecule has 2 rings (SSSR count). The Hall–Kier alpha value is -1.84. The van der Waals surface area contributed by atoms with Gasteiger partial charge in [-0.15, -0.1) is 0 Å². The average molecular weight is 247 g/mol. The Labute approximate surface area is 107 Å². The maximum atomic E-state index is 11.0. The first-order chi connectivity index (χ1) is 8.68. The molecule has 96 valence electrons. The second-order valence-corrected chi connectivity index (χ2v) is 4.41. The molecule has 0 fully saturated rings. The number of hydrogen-bond donors (Lipinski definition) is 0. The number of fused-ring (bicyclic) bond motifs is 1. The molecule has 4 heteroatoms. The number of aryl methyl sites for hydroxylation is 1. The van der Waals surface area contributed by atoms with Crippen LogP contribution in [0.3, 0.4) is 0 Å². The number of hydrogen-bond acceptors (Lipinski definition) is 4. The van der Waals surface area contributed by atoms with Crippen molar-refractivity contribution in [3.8, 4) is 0 Å². The number of carbonyl (C=O) groups is 2. The Morgan fingerprint density at radius 2 is 2.11 bits per heavy atom. The minimum Gasteiger partial charge on any atom is -0.458 e. The van der Waals surface area contributed by atoms with E-state index in [1.54, 1.807) is 0 Å². The second kappa shape index (κ2) is 5.67. The molecule has 0 saturated heterocycles. The fourth-order valence-electron chi connectivity index (χ4n) is 2.19. The maximum Gasteiger partial charge on any atom is 0.374 e. The van der Waals surface area contributed by atoms with Gasteiger partial charge < -0.3 is 9.64 Å². The summed E-state index contributed by atoms with van der Waals surface area (Å²) in [6.07, 6.45) is 2.21. The zero-order valence-electron chi connectivity index (χ0n) is 10.5. The summed E-state index contributed by atoms with van der Waals surface area (Å²) in [5, 5.41) is 0. The van der Waals surface area contributed by atoms with E-state index in [1.165, 1.54) is 18.2 Å². The summed E-state index contributed by atoms with van der Waals surface area (Å²) in [6.45, 7) is 3.08. The van der Waals surface area contributed by atoms with Crippen molar-refractivity contribution in [2.45, 2.75) is 19.8 Å². The molecular weight excluding hydrogens is 230 g/mol. The number of rotatable bonds is 4. The van der Waals surface area contributed by atoms with Gasteiger partial charge in [0.05, 0.1) is 6.54 Å². The van der Waals surface area contributed by atoms with Gasteiger partial charge in [0, 0.05) is 19.2 Å². The lowest BCUT2D eigenvalue weighted by atomic mass is 10.0. The van der Waals surface area contributed by atoms with E-state index < -0.39 is 11.8 Å². The number of para-hydroxylation sites is 1. The van der Waals surface area contributed by atoms with Gasteiger partial charge in [0.15, 0.2) is 0 Å². The molecule has 0 saturated carbocycles. The lowest BCUT2D eigenvalue weighted by Gasteiger charge is -2.30. The van der Waals surface area contributed by atoms with Crippen LogP contribution in [0.2, 0.25) is 0 Å². The number of Topliss-reactive ketones (excluding diaryl/α,β-unsaturated/α-hetero) is 1. The quantitative estimate of drug-likeness (QED) is 0.598. The first kappa shape index (κ1) is 12.6. The topological polar surface area (TPSA) is 46.6 Å². The molecule has 0 aliphatic carbocycles. The zero-order valence-corrected chi connectivity index (χ0v) is 10.5. The SMILES string of the molecule is CC(=O)C(=O)OCCN1CCCc2ccccc21. The van der Waals surface area contributed by atoms with Gasteiger partial charge in [-0.3, -0.25) is 4.79 Å². The van der Waals surface area contributed by atoms with Gasteiger partial charge in [-0.1, -0.05) is 18.2 Å². The van der Waals surface area contributed by atoms with Crippen LogP contribution in [0.5, 0.6) is 0 Å². The molecule has 0 spiro atoms. The number of anilines is 1. The Bertz CT molecular complexity index is 456. The van der Waals surface area contributed by atoms with Crippen LogP contribution in [-0.4, -0.2) is 31.4 Å². The van der Waals surface area contributed by atoms with Gasteiger partial charge >= 0.3 is 5.97 Å². The summed E-state index contributed by atoms with van der Waals surface area (Å²) in [6, 6.07) is 8.27. The molecule has 1 aromatic carbocycles. The van der Waals surface area contributed by atoms with Crippen LogP contribution in [0.1, 0.15) is 18.9 Å². The van der Waals surface area contributed by atoms with Gasteiger partial charge in [0.2, 0.25) is 5.78 Å². The third-order valence-corrected chi connectivity index (χ3v) is 3.09. The van der Waals surface area contributed by atoms with E-state index in [-0.39, 0.29) is 6.61 Å². The molecule has 1 heterocycles. The van der Waals surface area contributed by atoms with E-state index >= 15 is 0 Å². The predicted octanol–water partition coefficient (Wildman–Crippen LogP) is 1.57. The minimum atomic E-state index is -0.750. The van der Waals surface area contributed by atoms with Crippen LogP contribution in [0, 0.1) is 0 Å². The lowest BCUT2D eigenvalue weighted by Crippen LogP contribution is -2.33. The van der Waals surface area contributed by atoms with Crippen LogP contribution in [-0.2, 0) is 20.7 Å². The fraction of sp³-hybridized carbons (Fsp3) is 0.429. The van der Waals surface area contributed by atoms with E-state index in [0.29, 0.717) is 6.54 Å². The van der Waals surface area contributed by atoms with Crippen molar-refractivity contribution in [2.75, 3.05) is 24.6 Å². The van der Waals surface area contributed by atoms with Gasteiger partial charge in [-0.25, -0.2) is 4.79 Å². The summed E-state index contributed by atoms with van der Waals surface area (Å²) >= 11 is 0. The molecule has 0 atom stereocenters. The average Bonchev–Trinajstić information content (AvgIpc) is 2.38. The number of ketones is 1. The molecule has 1 aromatic rings. The van der Waals surface area contributed by atoms with Crippen LogP contribution >= 0.6 is 0 Å². The highest BCUT2D eigenvalue weighted by Crippen LogP contribution is 2.26. The Kier molecular flexibility index (Phi) is 3.97. The van der Waals surface area contributed by atoms with Crippen molar-refractivity contribution >= 4 is 17.4 Å². The van der Waals surface area contributed by atoms with Crippen molar-refractivity contribution in [1.82, 2.24) is 0 Å². The summed E-state index contributed by atoms with van der Waals surface area (Å²) < 4.78 is 4.89. The van der Waals surface area contributed by atoms with Gasteiger partial charge in [-0.05, 0) is 24.5 Å². The Morgan fingerprint density at radius 1 is 1.33 bits per heavy atom. The van der Waals surface area contributed by atoms with Crippen molar-refractivity contribution < 1.29 is 14.3 Å². The monoisotopic (exact) mass is 247 g/mol. The van der Waals surface area contributed by atoms with E-state index in [9.17, 15) is 9.59 Å². The fourth-order valence-corrected chi connectivity index (χ4v) is 2.19. The highest BCUT2D eigenvalue weighted by Gasteiger charge is 2.16. The summed E-state index contributed by atoms with van der Waals surface area (Å²) in [5.74, 6) is -1.30. The molecule has 4 nitrogen and oxygen atoms in total. The van der Waals surface area contributed by atoms with E-state index in [1.807, 2.05) is 12.1 Å². The standard InChI is InChI=1S/C14H17NO3/c1-11(16)14(17)18-10-9-15-8-4-6-12-5-2-3-7-13(12)15/h2-3,5,7H,4,6,8-10H2,1H3. The predicted molar refractivity (Wildman–Crippen MR) is 68.6 cm³/mol. The van der Waals surface area contributed by atoms with Crippen molar-refractivity contribution in [2.24, 2.45) is 0 Å². The summed E-state index contributed by atoms with van der Waals surface area (Å²) in [4.78, 5) is 24.0. The number of ether oxygens (including phenoxy) is 1. The number of nitrogens with zero attached hydrogens (tertiary/aromatic N) is 1. The molecule has 1 aliphatic rings. The Balaban J connectivity index is 1.92. The maximum absolute atomic E-state index is 11.0. The van der Waals surface area contributed by atoms with Crippen LogP contribution in [0.15, 0.2) is 24.3 Å². The summed E-state index contributed by atoms with van der Waals surface area (Å²) in [5.41, 5.74) is 2.55. The highest BCUT2D eigenvalue weighted by atomic mass is 16.5. The van der Waals surface area contributed by atoms with Crippen LogP contribution < -0.4 is 4.90 Å². The van der Waals surface area contributed by atoms with E-state index in [4.69, 9.17) is 4.74 Å². The Morgan fingerprint density at radius 3 is 2.89 bits per heavy atom. The highest BCUT2D eigenvalue weighted by molar-refractivity contribution is 6.32. The molecule has 0 N–H and O–H groups in total. The van der Waals surface area contributed by atoms with Crippen molar-refractivity contribution in [3.05, 3.63) is 29.8 Å². The molecule has 0 amide bonds. The molecule has 18 heavy (non-hydrogen) atoms. The lowest BCUT2D eigenvalue weighted by molar-refractivity contribution is -0.152. The zero-order chi connectivity index (χ0) is 13.0. The number of esters is 1. The normalized spacial score (nSPS) is 13.9. The minimum absolute atomic E-state index is 0.257. The van der Waals surface area contributed by atoms with Gasteiger partial charge in [0.25, 0.3) is 0 Å². The van der Waals surface area contributed by atoms with E-state index in [2.05, 4.69) is 17.0 Å². The van der Waals surface area contributed by atoms with Crippen LogP contribution in [0.25, 0.3) is 0 Å². The molecule has 0 radical (unpaired) electrons. The van der Waals surface area contributed by atoms with Crippen molar-refractivity contribution in [1.29, 1.82) is 0 Å². The molecular formula is C14H17NO3. The molecule has 0 aromatic heterocycles. The van der Waals surface area contributed by atoms with Gasteiger partial charge in [0.1, 0.15) is 6.61 Å². The largest absolute Gasteiger partial charge is 0.458 e. The summed E-state index contributed by atoms with van der Waals surface area (Å²) in [7, 11) is 0. The molecule has 1 aliphatic heterocycles. The number of benzene rings is 1. The third kappa shape index (κ3) is 2.88. The second-order valence-electron chi connectivity index (χ2n) is 4.41. The van der Waals surface area contributed by atoms with E-state index in [0.717, 1.165) is 19.4 Å². The third-order valence-electron chi connectivity index (χ3n) is 3.09. The van der Waals surface area contributed by atoms with Crippen LogP contribution in [0.4, 0.5) is 5.69 Å².